The predicted molar refractivity (Wildman–Crippen MR) is 87.1 cm³/mol. The number of hydrogen-bond acceptors (Lipinski definition) is 5. The highest BCUT2D eigenvalue weighted by molar-refractivity contribution is 5.78. The molecule has 3 rings (SSSR count). The Kier molecular flexibility index (Phi) is 3.78. The highest BCUT2D eigenvalue weighted by Gasteiger charge is 2.10. The zero-order chi connectivity index (χ0) is 15.5. The lowest BCUT2D eigenvalue weighted by Gasteiger charge is -2.13. The van der Waals surface area contributed by atoms with Gasteiger partial charge in [0.05, 0.1) is 36.6 Å². The van der Waals surface area contributed by atoms with E-state index >= 15 is 0 Å². The molecule has 112 valence electrons. The first-order valence-electron chi connectivity index (χ1n) is 6.93. The number of para-hydroxylation sites is 2. The van der Waals surface area contributed by atoms with E-state index in [4.69, 9.17) is 9.47 Å². The van der Waals surface area contributed by atoms with E-state index in [2.05, 4.69) is 15.3 Å². The largest absolute Gasteiger partial charge is 0.497 e. The molecule has 0 saturated carbocycles. The van der Waals surface area contributed by atoms with Crippen LogP contribution in [-0.2, 0) is 0 Å². The minimum absolute atomic E-state index is 0.699. The molecule has 1 aromatic heterocycles. The minimum Gasteiger partial charge on any atom is -0.497 e. The average molecular weight is 295 g/mol. The molecular formula is C17H17N3O2. The third-order valence-electron chi connectivity index (χ3n) is 3.40. The lowest BCUT2D eigenvalue weighted by atomic mass is 10.2. The van der Waals surface area contributed by atoms with E-state index in [0.29, 0.717) is 5.82 Å². The van der Waals surface area contributed by atoms with Crippen molar-refractivity contribution in [1.29, 1.82) is 0 Å². The number of benzene rings is 2. The molecule has 0 atom stereocenters. The van der Waals surface area contributed by atoms with Crippen LogP contribution in [-0.4, -0.2) is 24.2 Å². The molecule has 0 bridgehead atoms. The molecule has 0 unspecified atom stereocenters. The van der Waals surface area contributed by atoms with E-state index < -0.39 is 0 Å². The molecule has 5 nitrogen and oxygen atoms in total. The Labute approximate surface area is 128 Å². The number of aryl methyl sites for hydroxylation is 1. The summed E-state index contributed by atoms with van der Waals surface area (Å²) in [6, 6.07) is 13.4. The lowest BCUT2D eigenvalue weighted by molar-refractivity contribution is 0.405. The summed E-state index contributed by atoms with van der Waals surface area (Å²) in [6.45, 7) is 1.93. The average Bonchev–Trinajstić information content (AvgIpc) is 2.55. The number of anilines is 2. The van der Waals surface area contributed by atoms with Gasteiger partial charge in [-0.15, -0.1) is 0 Å². The molecule has 0 aliphatic rings. The third-order valence-corrected chi connectivity index (χ3v) is 3.40. The van der Waals surface area contributed by atoms with Crippen molar-refractivity contribution in [3.63, 3.8) is 0 Å². The first-order valence-corrected chi connectivity index (χ1v) is 6.93. The van der Waals surface area contributed by atoms with Gasteiger partial charge in [0.15, 0.2) is 5.82 Å². The Bertz CT molecular complexity index is 818. The Morgan fingerprint density at radius 1 is 0.909 bits per heavy atom. The molecule has 0 fully saturated rings. The minimum atomic E-state index is 0.699. The summed E-state index contributed by atoms with van der Waals surface area (Å²) in [5, 5.41) is 3.28. The van der Waals surface area contributed by atoms with Gasteiger partial charge in [0.25, 0.3) is 0 Å². The van der Waals surface area contributed by atoms with Crippen LogP contribution in [0.25, 0.3) is 11.0 Å². The molecule has 0 saturated heterocycles. The first kappa shape index (κ1) is 14.1. The quantitative estimate of drug-likeness (QED) is 0.795. The van der Waals surface area contributed by atoms with Crippen LogP contribution in [0, 0.1) is 6.92 Å². The summed E-state index contributed by atoms with van der Waals surface area (Å²) in [6.07, 6.45) is 0. The molecule has 5 heteroatoms. The van der Waals surface area contributed by atoms with Crippen molar-refractivity contribution < 1.29 is 9.47 Å². The summed E-state index contributed by atoms with van der Waals surface area (Å²) < 4.78 is 10.6. The van der Waals surface area contributed by atoms with Gasteiger partial charge in [0.2, 0.25) is 0 Å². The van der Waals surface area contributed by atoms with Gasteiger partial charge in [-0.25, -0.2) is 9.97 Å². The van der Waals surface area contributed by atoms with Crippen LogP contribution >= 0.6 is 0 Å². The van der Waals surface area contributed by atoms with Gasteiger partial charge in [-0.1, -0.05) is 12.1 Å². The summed E-state index contributed by atoms with van der Waals surface area (Å²) >= 11 is 0. The van der Waals surface area contributed by atoms with Crippen LogP contribution in [0.3, 0.4) is 0 Å². The van der Waals surface area contributed by atoms with E-state index in [1.165, 1.54) is 0 Å². The third kappa shape index (κ3) is 2.65. The SMILES string of the molecule is COc1ccc(OC)c(Nc2nc3ccccc3nc2C)c1. The number of hydrogen-bond donors (Lipinski definition) is 1. The number of ether oxygens (including phenoxy) is 2. The molecule has 22 heavy (non-hydrogen) atoms. The predicted octanol–water partition coefficient (Wildman–Crippen LogP) is 3.70. The molecule has 1 N–H and O–H groups in total. The molecule has 0 amide bonds. The van der Waals surface area contributed by atoms with Crippen molar-refractivity contribution in [2.45, 2.75) is 6.92 Å². The zero-order valence-electron chi connectivity index (χ0n) is 12.8. The topological polar surface area (TPSA) is 56.3 Å². The number of aromatic nitrogens is 2. The molecule has 2 aromatic carbocycles. The monoisotopic (exact) mass is 295 g/mol. The standard InChI is InChI=1S/C17H17N3O2/c1-11-17(19-14-7-5-4-6-13(14)18-11)20-15-10-12(21-2)8-9-16(15)22-3/h4-10H,1-3H3,(H,19,20). The van der Waals surface area contributed by atoms with Crippen LogP contribution in [0.15, 0.2) is 42.5 Å². The Morgan fingerprint density at radius 2 is 1.64 bits per heavy atom. The smallest absolute Gasteiger partial charge is 0.152 e. The number of methoxy groups -OCH3 is 2. The highest BCUT2D eigenvalue weighted by Crippen LogP contribution is 2.32. The maximum Gasteiger partial charge on any atom is 0.152 e. The van der Waals surface area contributed by atoms with Crippen LogP contribution in [0.4, 0.5) is 11.5 Å². The zero-order valence-corrected chi connectivity index (χ0v) is 12.8. The van der Waals surface area contributed by atoms with Crippen LogP contribution in [0.1, 0.15) is 5.69 Å². The van der Waals surface area contributed by atoms with Crippen molar-refractivity contribution >= 4 is 22.5 Å². The van der Waals surface area contributed by atoms with Crippen LogP contribution < -0.4 is 14.8 Å². The van der Waals surface area contributed by atoms with Crippen molar-refractivity contribution in [2.75, 3.05) is 19.5 Å². The van der Waals surface area contributed by atoms with Crippen molar-refractivity contribution in [3.8, 4) is 11.5 Å². The van der Waals surface area contributed by atoms with E-state index in [1.54, 1.807) is 14.2 Å². The maximum atomic E-state index is 5.38. The van der Waals surface area contributed by atoms with E-state index in [9.17, 15) is 0 Å². The Balaban J connectivity index is 2.04. The second-order valence-electron chi connectivity index (χ2n) is 4.84. The van der Waals surface area contributed by atoms with Crippen LogP contribution in [0.5, 0.6) is 11.5 Å². The van der Waals surface area contributed by atoms with Gasteiger partial charge in [0, 0.05) is 6.07 Å². The molecule has 0 radical (unpaired) electrons. The molecule has 0 spiro atoms. The number of fused-ring (bicyclic) bond motifs is 1. The Morgan fingerprint density at radius 3 is 2.32 bits per heavy atom. The molecule has 0 aliphatic heterocycles. The van der Waals surface area contributed by atoms with E-state index in [0.717, 1.165) is 33.9 Å². The van der Waals surface area contributed by atoms with Gasteiger partial charge in [0.1, 0.15) is 11.5 Å². The fourth-order valence-electron chi connectivity index (χ4n) is 2.25. The summed E-state index contributed by atoms with van der Waals surface area (Å²) in [5.41, 5.74) is 3.33. The van der Waals surface area contributed by atoms with Gasteiger partial charge in [-0.2, -0.15) is 0 Å². The molecular weight excluding hydrogens is 278 g/mol. The maximum absolute atomic E-state index is 5.38. The van der Waals surface area contributed by atoms with E-state index in [-0.39, 0.29) is 0 Å². The number of rotatable bonds is 4. The van der Waals surface area contributed by atoms with Gasteiger partial charge in [-0.3, -0.25) is 0 Å². The van der Waals surface area contributed by atoms with Crippen LogP contribution in [0.2, 0.25) is 0 Å². The summed E-state index contributed by atoms with van der Waals surface area (Å²) in [4.78, 5) is 9.20. The molecule has 0 aliphatic carbocycles. The summed E-state index contributed by atoms with van der Waals surface area (Å²) in [5.74, 6) is 2.16. The second-order valence-corrected chi connectivity index (χ2v) is 4.84. The number of nitrogens with one attached hydrogen (secondary N) is 1. The van der Waals surface area contributed by atoms with Gasteiger partial charge in [-0.05, 0) is 31.2 Å². The van der Waals surface area contributed by atoms with Crippen molar-refractivity contribution in [2.24, 2.45) is 0 Å². The fourth-order valence-corrected chi connectivity index (χ4v) is 2.25. The summed E-state index contributed by atoms with van der Waals surface area (Å²) in [7, 11) is 3.26. The fraction of sp³-hybridized carbons (Fsp3) is 0.176. The highest BCUT2D eigenvalue weighted by atomic mass is 16.5. The van der Waals surface area contributed by atoms with Crippen molar-refractivity contribution in [3.05, 3.63) is 48.2 Å². The first-order chi connectivity index (χ1) is 10.7. The van der Waals surface area contributed by atoms with E-state index in [1.807, 2.05) is 49.4 Å². The van der Waals surface area contributed by atoms with Crippen molar-refractivity contribution in [1.82, 2.24) is 9.97 Å². The Hall–Kier alpha value is -2.82. The lowest BCUT2D eigenvalue weighted by Crippen LogP contribution is -2.01. The number of nitrogens with zero attached hydrogens (tertiary/aromatic N) is 2. The second kappa shape index (κ2) is 5.89. The normalized spacial score (nSPS) is 10.5. The molecule has 1 heterocycles. The molecule has 3 aromatic rings. The van der Waals surface area contributed by atoms with Gasteiger partial charge >= 0.3 is 0 Å². The van der Waals surface area contributed by atoms with Gasteiger partial charge < -0.3 is 14.8 Å².